The van der Waals surface area contributed by atoms with Gasteiger partial charge in [0, 0.05) is 61.9 Å². The van der Waals surface area contributed by atoms with Gasteiger partial charge in [0.15, 0.2) is 5.82 Å². The van der Waals surface area contributed by atoms with Gasteiger partial charge < -0.3 is 0 Å². The maximum atomic E-state index is 5.28. The molecule has 0 aliphatic carbocycles. The highest BCUT2D eigenvalue weighted by Crippen LogP contribution is 2.35. The zero-order chi connectivity index (χ0) is 40.7. The predicted molar refractivity (Wildman–Crippen MR) is 251 cm³/mol. The molecule has 5 heteroatoms. The first-order valence-electron chi connectivity index (χ1n) is 20.5. The fourth-order valence-electron chi connectivity index (χ4n) is 8.30. The molecule has 0 fully saturated rings. The minimum atomic E-state index is 0.667. The lowest BCUT2D eigenvalue weighted by atomic mass is 9.98. The van der Waals surface area contributed by atoms with Crippen molar-refractivity contribution in [3.05, 3.63) is 212 Å². The summed E-state index contributed by atoms with van der Waals surface area (Å²) in [5.41, 5.74) is 16.1. The van der Waals surface area contributed by atoms with Crippen LogP contribution in [0.3, 0.4) is 0 Å². The van der Waals surface area contributed by atoms with Crippen molar-refractivity contribution in [2.24, 2.45) is 0 Å². The summed E-state index contributed by atoms with van der Waals surface area (Å²) in [5, 5.41) is 4.45. The summed E-state index contributed by atoms with van der Waals surface area (Å²) < 4.78 is 0. The highest BCUT2D eigenvalue weighted by molar-refractivity contribution is 6.05. The van der Waals surface area contributed by atoms with E-state index >= 15 is 0 Å². The van der Waals surface area contributed by atoms with Crippen LogP contribution in [0, 0.1) is 6.92 Å². The Morgan fingerprint density at radius 1 is 0.311 bits per heavy atom. The van der Waals surface area contributed by atoms with E-state index in [0.29, 0.717) is 5.82 Å². The molecule has 0 bridgehead atoms. The first-order chi connectivity index (χ1) is 30.1. The molecule has 4 heterocycles. The molecule has 0 spiro atoms. The van der Waals surface area contributed by atoms with E-state index in [1.165, 1.54) is 5.56 Å². The summed E-state index contributed by atoms with van der Waals surface area (Å²) >= 11 is 0. The molecule has 4 aromatic heterocycles. The summed E-state index contributed by atoms with van der Waals surface area (Å²) in [7, 11) is 0. The van der Waals surface area contributed by atoms with E-state index in [9.17, 15) is 0 Å². The lowest BCUT2D eigenvalue weighted by molar-refractivity contribution is 1.18. The van der Waals surface area contributed by atoms with E-state index in [-0.39, 0.29) is 0 Å². The van der Waals surface area contributed by atoms with E-state index in [2.05, 4.69) is 164 Å². The Balaban J connectivity index is 0.949. The quantitative estimate of drug-likeness (QED) is 0.151. The summed E-state index contributed by atoms with van der Waals surface area (Å²) in [4.78, 5) is 25.3. The van der Waals surface area contributed by atoms with Gasteiger partial charge in [0.25, 0.3) is 0 Å². The maximum Gasteiger partial charge on any atom is 0.160 e. The number of aryl methyl sites for hydroxylation is 1. The molecule has 0 saturated carbocycles. The highest BCUT2D eigenvalue weighted by Gasteiger charge is 2.15. The summed E-state index contributed by atoms with van der Waals surface area (Å²) in [6, 6.07) is 67.5. The Kier molecular flexibility index (Phi) is 8.98. The van der Waals surface area contributed by atoms with Gasteiger partial charge in [-0.3, -0.25) is 4.98 Å². The Bertz CT molecular complexity index is 3410. The smallest absolute Gasteiger partial charge is 0.160 e. The van der Waals surface area contributed by atoms with E-state index in [1.807, 2.05) is 54.9 Å². The van der Waals surface area contributed by atoms with Gasteiger partial charge in [0.1, 0.15) is 0 Å². The van der Waals surface area contributed by atoms with Crippen LogP contribution >= 0.6 is 0 Å². The van der Waals surface area contributed by atoms with Gasteiger partial charge in [-0.1, -0.05) is 164 Å². The van der Waals surface area contributed by atoms with Crippen LogP contribution in [-0.4, -0.2) is 24.9 Å². The van der Waals surface area contributed by atoms with Crippen LogP contribution in [0.1, 0.15) is 5.56 Å². The zero-order valence-electron chi connectivity index (χ0n) is 33.4. The van der Waals surface area contributed by atoms with E-state index in [1.54, 1.807) is 0 Å². The molecule has 0 unspecified atom stereocenters. The van der Waals surface area contributed by atoms with Gasteiger partial charge in [0.05, 0.1) is 33.8 Å². The summed E-state index contributed by atoms with van der Waals surface area (Å²) in [5.74, 6) is 0.667. The third-order valence-electron chi connectivity index (χ3n) is 11.5. The second-order valence-electron chi connectivity index (χ2n) is 15.4. The monoisotopic (exact) mass is 779 g/mol. The minimum Gasteiger partial charge on any atom is -0.263 e. The SMILES string of the molecule is Cc1cc(-c2cccc(-c3ccc(-c4cc(-c5ccccc5)nc(-c5cccc(-c6cncc7ccccc67)c5)n4)cc3)c2)nc2c1ccc1ccc(-c3ccccc3)nc12. The fourth-order valence-corrected chi connectivity index (χ4v) is 8.30. The number of rotatable bonds is 7. The van der Waals surface area contributed by atoms with Crippen LogP contribution in [0.5, 0.6) is 0 Å². The molecule has 0 N–H and O–H groups in total. The van der Waals surface area contributed by atoms with Gasteiger partial charge in [-0.25, -0.2) is 19.9 Å². The minimum absolute atomic E-state index is 0.667. The lowest BCUT2D eigenvalue weighted by Gasteiger charge is -2.12. The molecule has 0 aliphatic rings. The zero-order valence-corrected chi connectivity index (χ0v) is 33.4. The van der Waals surface area contributed by atoms with Crippen LogP contribution in [0.2, 0.25) is 0 Å². The van der Waals surface area contributed by atoms with Crippen LogP contribution in [0.25, 0.3) is 111 Å². The highest BCUT2D eigenvalue weighted by atomic mass is 14.9. The predicted octanol–water partition coefficient (Wildman–Crippen LogP) is 14.1. The molecule has 7 aromatic carbocycles. The Hall–Kier alpha value is -8.15. The molecule has 11 rings (SSSR count). The molecule has 0 amide bonds. The lowest BCUT2D eigenvalue weighted by Crippen LogP contribution is -1.96. The van der Waals surface area contributed by atoms with Crippen molar-refractivity contribution in [2.75, 3.05) is 0 Å². The number of nitrogens with zero attached hydrogens (tertiary/aromatic N) is 5. The second kappa shape index (κ2) is 15.2. The molecular weight excluding hydrogens is 743 g/mol. The molecular formula is C56H37N5. The third-order valence-corrected chi connectivity index (χ3v) is 11.5. The van der Waals surface area contributed by atoms with Gasteiger partial charge in [-0.15, -0.1) is 0 Å². The Labute approximate surface area is 353 Å². The molecule has 286 valence electrons. The van der Waals surface area contributed by atoms with Crippen LogP contribution in [0.4, 0.5) is 0 Å². The fraction of sp³-hybridized carbons (Fsp3) is 0.0179. The van der Waals surface area contributed by atoms with E-state index in [4.69, 9.17) is 19.9 Å². The molecule has 0 atom stereocenters. The third kappa shape index (κ3) is 6.88. The second-order valence-corrected chi connectivity index (χ2v) is 15.4. The first kappa shape index (κ1) is 36.0. The van der Waals surface area contributed by atoms with Gasteiger partial charge >= 0.3 is 0 Å². The van der Waals surface area contributed by atoms with Crippen molar-refractivity contribution in [1.29, 1.82) is 0 Å². The van der Waals surface area contributed by atoms with Crippen molar-refractivity contribution >= 4 is 32.6 Å². The Morgan fingerprint density at radius 2 is 0.885 bits per heavy atom. The molecule has 0 radical (unpaired) electrons. The van der Waals surface area contributed by atoms with Gasteiger partial charge in [0.2, 0.25) is 0 Å². The van der Waals surface area contributed by atoms with Gasteiger partial charge in [-0.05, 0) is 64.9 Å². The largest absolute Gasteiger partial charge is 0.263 e. The molecule has 11 aromatic rings. The van der Waals surface area contributed by atoms with Crippen LogP contribution in [-0.2, 0) is 0 Å². The number of aromatic nitrogens is 5. The van der Waals surface area contributed by atoms with Crippen molar-refractivity contribution < 1.29 is 0 Å². The topological polar surface area (TPSA) is 64.5 Å². The molecule has 61 heavy (non-hydrogen) atoms. The number of hydrogen-bond acceptors (Lipinski definition) is 5. The maximum absolute atomic E-state index is 5.28. The molecule has 0 aliphatic heterocycles. The Morgan fingerprint density at radius 3 is 1.67 bits per heavy atom. The van der Waals surface area contributed by atoms with Crippen molar-refractivity contribution in [2.45, 2.75) is 6.92 Å². The van der Waals surface area contributed by atoms with E-state index < -0.39 is 0 Å². The average molecular weight is 780 g/mol. The van der Waals surface area contributed by atoms with Crippen molar-refractivity contribution in [3.63, 3.8) is 0 Å². The van der Waals surface area contributed by atoms with Crippen LogP contribution < -0.4 is 0 Å². The normalized spacial score (nSPS) is 11.4. The van der Waals surface area contributed by atoms with Gasteiger partial charge in [-0.2, -0.15) is 0 Å². The first-order valence-corrected chi connectivity index (χ1v) is 20.5. The number of hydrogen-bond donors (Lipinski definition) is 0. The number of pyridine rings is 3. The summed E-state index contributed by atoms with van der Waals surface area (Å²) in [6.45, 7) is 2.16. The number of fused-ring (bicyclic) bond motifs is 4. The van der Waals surface area contributed by atoms with Crippen molar-refractivity contribution in [3.8, 4) is 78.7 Å². The standard InChI is InChI=1S/C56H37N5/c1-36-30-51(59-55-47(36)28-26-41-27-29-50(58-54(41)55)38-12-4-2-5-13-38)44-19-10-17-42(31-44)37-22-24-40(25-23-37)53-33-52(39-14-6-3-7-15-39)60-56(61-53)45-20-11-18-43(32-45)49-35-57-34-46-16-8-9-21-48(46)49/h2-35H,1H3. The number of benzene rings is 7. The van der Waals surface area contributed by atoms with Crippen LogP contribution in [0.15, 0.2) is 207 Å². The van der Waals surface area contributed by atoms with E-state index in [0.717, 1.165) is 105 Å². The molecule has 0 saturated heterocycles. The summed E-state index contributed by atoms with van der Waals surface area (Å²) in [6.07, 6.45) is 3.85. The average Bonchev–Trinajstić information content (AvgIpc) is 3.34. The van der Waals surface area contributed by atoms with Crippen molar-refractivity contribution in [1.82, 2.24) is 24.9 Å². The molecule has 5 nitrogen and oxygen atoms in total.